The summed E-state index contributed by atoms with van der Waals surface area (Å²) in [5, 5.41) is 15.9. The Morgan fingerprint density at radius 2 is 1.59 bits per heavy atom. The van der Waals surface area contributed by atoms with Crippen molar-refractivity contribution in [3.05, 3.63) is 34.3 Å². The van der Waals surface area contributed by atoms with Gasteiger partial charge in [-0.25, -0.2) is 18.5 Å². The Kier molecular flexibility index (Phi) is 21.3. The summed E-state index contributed by atoms with van der Waals surface area (Å²) in [4.78, 5) is 80.1. The van der Waals surface area contributed by atoms with Gasteiger partial charge in [-0.1, -0.05) is 24.0 Å². The fraction of sp³-hybridized carbons (Fsp3) is 0.647. The molecule has 6 atom stereocenters. The number of H-pyrrole nitrogens is 1. The third-order valence-electron chi connectivity index (χ3n) is 8.73. The van der Waals surface area contributed by atoms with Crippen LogP contribution in [0.1, 0.15) is 56.7 Å². The first kappa shape index (κ1) is 52.1. The van der Waals surface area contributed by atoms with Crippen LogP contribution in [0.2, 0.25) is 0 Å². The van der Waals surface area contributed by atoms with Crippen LogP contribution < -0.4 is 21.9 Å². The maximum Gasteiger partial charge on any atom is 0.490 e. The van der Waals surface area contributed by atoms with E-state index in [9.17, 15) is 43.0 Å². The summed E-state index contributed by atoms with van der Waals surface area (Å²) in [6.45, 7) is 1.68. The molecule has 1 aliphatic heterocycles. The number of carbonyl (C=O) groups is 2. The van der Waals surface area contributed by atoms with Gasteiger partial charge in [0.25, 0.3) is 5.56 Å². The maximum absolute atomic E-state index is 12.9. The summed E-state index contributed by atoms with van der Waals surface area (Å²) >= 11 is 0. The number of nitrogens with one attached hydrogen (secondary N) is 3. The van der Waals surface area contributed by atoms with Gasteiger partial charge in [0.2, 0.25) is 11.9 Å². The Balaban J connectivity index is 1.08. The van der Waals surface area contributed by atoms with Crippen LogP contribution in [0, 0.1) is 11.8 Å². The molecule has 2 unspecified atom stereocenters. The minimum absolute atomic E-state index is 0.00606. The van der Waals surface area contributed by atoms with E-state index in [1.165, 1.54) is 10.8 Å². The number of aliphatic hydroxyl groups is 1. The van der Waals surface area contributed by atoms with Gasteiger partial charge in [0, 0.05) is 25.6 Å². The molecule has 2 aromatic heterocycles. The minimum Gasteiger partial charge on any atom is -0.446 e. The number of nitrogen functional groups attached to an aromatic ring is 1. The zero-order valence-corrected chi connectivity index (χ0v) is 36.6. The van der Waals surface area contributed by atoms with E-state index in [4.69, 9.17) is 43.9 Å². The van der Waals surface area contributed by atoms with E-state index in [0.717, 1.165) is 32.1 Å². The molecular formula is C34H53N6O20P3. The molecule has 0 spiro atoms. The Morgan fingerprint density at radius 3 is 2.29 bits per heavy atom. The smallest absolute Gasteiger partial charge is 0.446 e. The van der Waals surface area contributed by atoms with Crippen molar-refractivity contribution >= 4 is 52.5 Å². The Bertz CT molecular complexity index is 2100. The average Bonchev–Trinajstić information content (AvgIpc) is 3.73. The van der Waals surface area contributed by atoms with Gasteiger partial charge >= 0.3 is 29.6 Å². The van der Waals surface area contributed by atoms with Crippen molar-refractivity contribution < 1.29 is 89.5 Å². The summed E-state index contributed by atoms with van der Waals surface area (Å²) in [6.07, 6.45) is 5.78. The number of alkyl carbamates (subject to hydrolysis) is 1. The van der Waals surface area contributed by atoms with Crippen LogP contribution in [0.5, 0.6) is 0 Å². The Hall–Kier alpha value is -3.57. The molecule has 0 aromatic carbocycles. The number of nitrogens with zero attached hydrogens (tertiary/aromatic N) is 2. The molecule has 4 rings (SSSR count). The highest BCUT2D eigenvalue weighted by Gasteiger charge is 2.43. The van der Waals surface area contributed by atoms with E-state index in [1.807, 2.05) is 0 Å². The number of aliphatic hydroxyl groups excluding tert-OH is 1. The SMILES string of the molecule is Nc1nc2c(c(C#CCNC(=O)CCOCCOCCOCCOCCNC(=O)O[C@H]3CC/C=C/CCC3)cn2[C@H]2C[C@H](O)[C@@H](COP(=O)(O)OP(=O)(O)OP(=O)(O)O)O2)c(=O)[nH]1. The van der Waals surface area contributed by atoms with E-state index < -0.39 is 60.2 Å². The molecule has 26 nitrogen and oxygen atoms in total. The second kappa shape index (κ2) is 25.8. The number of phosphoric ester groups is 1. The van der Waals surface area contributed by atoms with E-state index in [2.05, 4.69) is 57.7 Å². The second-order valence-electron chi connectivity index (χ2n) is 13.6. The molecule has 2 aromatic rings. The fourth-order valence-electron chi connectivity index (χ4n) is 5.95. The summed E-state index contributed by atoms with van der Waals surface area (Å²) in [6, 6.07) is 0. The number of phosphoric acid groups is 3. The highest BCUT2D eigenvalue weighted by Crippen LogP contribution is 2.66. The van der Waals surface area contributed by atoms with Crippen LogP contribution in [-0.4, -0.2) is 142 Å². The molecule has 29 heteroatoms. The van der Waals surface area contributed by atoms with Crippen molar-refractivity contribution in [2.45, 2.75) is 69.5 Å². The summed E-state index contributed by atoms with van der Waals surface area (Å²) in [5.74, 6) is 4.89. The lowest BCUT2D eigenvalue weighted by Gasteiger charge is -2.19. The molecule has 2 aliphatic rings. The van der Waals surface area contributed by atoms with Crippen LogP contribution in [-0.2, 0) is 60.1 Å². The van der Waals surface area contributed by atoms with Crippen molar-refractivity contribution in [2.24, 2.45) is 0 Å². The van der Waals surface area contributed by atoms with E-state index in [-0.39, 0.29) is 73.8 Å². The lowest BCUT2D eigenvalue weighted by Crippen LogP contribution is -2.31. The van der Waals surface area contributed by atoms with Crippen molar-refractivity contribution in [1.82, 2.24) is 25.2 Å². The fourth-order valence-corrected chi connectivity index (χ4v) is 8.98. The molecule has 1 saturated heterocycles. The van der Waals surface area contributed by atoms with Gasteiger partial charge in [0.1, 0.15) is 18.4 Å². The molecule has 0 bridgehead atoms. The number of amides is 2. The molecule has 3 heterocycles. The maximum atomic E-state index is 12.9. The summed E-state index contributed by atoms with van der Waals surface area (Å²) in [5.41, 5.74) is 5.23. The lowest BCUT2D eigenvalue weighted by molar-refractivity contribution is -0.122. The van der Waals surface area contributed by atoms with Crippen molar-refractivity contribution in [3.63, 3.8) is 0 Å². The number of ether oxygens (including phenoxy) is 6. The lowest BCUT2D eigenvalue weighted by atomic mass is 10.0. The third kappa shape index (κ3) is 19.6. The molecule has 1 fully saturated rings. The number of rotatable bonds is 25. The molecular weight excluding hydrogens is 905 g/mol. The number of aromatic nitrogens is 3. The number of hydrogen-bond donors (Lipinski definition) is 9. The number of nitrogens with two attached hydrogens (primary N) is 1. The summed E-state index contributed by atoms with van der Waals surface area (Å²) in [7, 11) is -16.9. The van der Waals surface area contributed by atoms with Gasteiger partial charge in [0.15, 0.2) is 5.65 Å². The van der Waals surface area contributed by atoms with Crippen molar-refractivity contribution in [3.8, 4) is 11.8 Å². The predicted octanol–water partition coefficient (Wildman–Crippen LogP) is 0.838. The normalized spacial score (nSPS) is 21.6. The van der Waals surface area contributed by atoms with Gasteiger partial charge in [-0.3, -0.25) is 19.1 Å². The van der Waals surface area contributed by atoms with E-state index in [1.54, 1.807) is 0 Å². The number of allylic oxidation sites excluding steroid dienone is 2. The van der Waals surface area contributed by atoms with E-state index >= 15 is 0 Å². The van der Waals surface area contributed by atoms with Gasteiger partial charge in [0.05, 0.1) is 83.1 Å². The molecule has 10 N–H and O–H groups in total. The first-order valence-electron chi connectivity index (χ1n) is 19.6. The van der Waals surface area contributed by atoms with Crippen LogP contribution in [0.25, 0.3) is 11.0 Å². The molecule has 0 saturated carbocycles. The number of anilines is 1. The quantitative estimate of drug-likeness (QED) is 0.0288. The first-order chi connectivity index (χ1) is 29.9. The van der Waals surface area contributed by atoms with Crippen molar-refractivity contribution in [2.75, 3.05) is 78.3 Å². The highest BCUT2D eigenvalue weighted by atomic mass is 31.3. The minimum atomic E-state index is -5.77. The van der Waals surface area contributed by atoms with Crippen LogP contribution in [0.4, 0.5) is 10.7 Å². The number of fused-ring (bicyclic) bond motifs is 1. The monoisotopic (exact) mass is 958 g/mol. The largest absolute Gasteiger partial charge is 0.490 e. The highest BCUT2D eigenvalue weighted by molar-refractivity contribution is 7.66. The molecule has 2 amide bonds. The zero-order valence-electron chi connectivity index (χ0n) is 33.9. The van der Waals surface area contributed by atoms with Gasteiger partial charge in [-0.2, -0.15) is 13.6 Å². The number of hydrogen-bond acceptors (Lipinski definition) is 18. The standard InChI is InChI=1S/C34H53N6O20P3/c35-33-38-31-30(32(43)39-33)24(22-40(31)29-21-26(41)27(58-29)23-56-62(48,49)60-63(50,51)59-61(45,46)47)7-6-11-36-28(42)10-13-52-15-17-54-19-20-55-18-16-53-14-12-37-34(44)57-25-8-4-2-1-3-5-9-25/h1-2,22,25-27,29,41H,3-5,8-21,23H2,(H,36,42)(H,37,44)(H,48,49)(H,50,51)(H2,45,46,47)(H3,35,38,39,43)/b2-1+/t25-,26-,27+,29+/m0/s1. The van der Waals surface area contributed by atoms with Gasteiger partial charge in [-0.15, -0.1) is 0 Å². The Labute approximate surface area is 360 Å². The van der Waals surface area contributed by atoms with E-state index in [0.29, 0.717) is 39.6 Å². The topological polar surface area (TPSA) is 370 Å². The third-order valence-corrected chi connectivity index (χ3v) is 12.5. The number of aromatic amines is 1. The van der Waals surface area contributed by atoms with Gasteiger partial charge in [-0.05, 0) is 32.1 Å². The first-order valence-corrected chi connectivity index (χ1v) is 24.1. The molecule has 0 radical (unpaired) electrons. The predicted molar refractivity (Wildman–Crippen MR) is 217 cm³/mol. The molecule has 354 valence electrons. The van der Waals surface area contributed by atoms with Crippen LogP contribution >= 0.6 is 23.5 Å². The summed E-state index contributed by atoms with van der Waals surface area (Å²) < 4.78 is 80.8. The second-order valence-corrected chi connectivity index (χ2v) is 18.1. The zero-order chi connectivity index (χ0) is 45.9. The van der Waals surface area contributed by atoms with Crippen molar-refractivity contribution in [1.29, 1.82) is 0 Å². The van der Waals surface area contributed by atoms with Gasteiger partial charge < -0.3 is 74.0 Å². The molecule has 63 heavy (non-hydrogen) atoms. The van der Waals surface area contributed by atoms with Crippen LogP contribution in [0.15, 0.2) is 23.1 Å². The average molecular weight is 959 g/mol. The van der Waals surface area contributed by atoms with Crippen LogP contribution in [0.3, 0.4) is 0 Å². The molecule has 1 aliphatic carbocycles. The Morgan fingerprint density at radius 1 is 0.921 bits per heavy atom. The number of carbonyl (C=O) groups excluding carboxylic acids is 2.